The van der Waals surface area contributed by atoms with Crippen LogP contribution in [0.5, 0.6) is 5.75 Å². The Morgan fingerprint density at radius 2 is 2.19 bits per heavy atom. The van der Waals surface area contributed by atoms with E-state index in [2.05, 4.69) is 0 Å². The van der Waals surface area contributed by atoms with Gasteiger partial charge in [-0.25, -0.2) is 4.79 Å². The number of rotatable bonds is 2. The molecule has 2 rings (SSSR count). The van der Waals surface area contributed by atoms with Gasteiger partial charge in [0, 0.05) is 11.1 Å². The first-order valence-electron chi connectivity index (χ1n) is 5.15. The molecule has 4 heteroatoms. The number of carboxylic acid groups (broad SMARTS) is 1. The molecule has 0 aromatic heterocycles. The van der Waals surface area contributed by atoms with Crippen molar-refractivity contribution >= 4 is 11.8 Å². The summed E-state index contributed by atoms with van der Waals surface area (Å²) < 4.78 is 5.56. The molecule has 0 radical (unpaired) electrons. The molecule has 16 heavy (non-hydrogen) atoms. The van der Waals surface area contributed by atoms with Gasteiger partial charge in [0.25, 0.3) is 5.78 Å². The first-order valence-corrected chi connectivity index (χ1v) is 5.15. The van der Waals surface area contributed by atoms with Crippen LogP contribution in [0.1, 0.15) is 29.3 Å². The zero-order chi connectivity index (χ0) is 11.7. The minimum Gasteiger partial charge on any atom is -0.490 e. The lowest BCUT2D eigenvalue weighted by Crippen LogP contribution is -2.22. The minimum atomic E-state index is -1.42. The van der Waals surface area contributed by atoms with Gasteiger partial charge in [-0.15, -0.1) is 0 Å². The Bertz CT molecular complexity index is 450. The zero-order valence-electron chi connectivity index (χ0n) is 8.90. The normalized spacial score (nSPS) is 18.4. The molecule has 1 N–H and O–H groups in total. The van der Waals surface area contributed by atoms with Crippen LogP contribution >= 0.6 is 0 Å². The van der Waals surface area contributed by atoms with Crippen molar-refractivity contribution in [2.75, 3.05) is 0 Å². The topological polar surface area (TPSA) is 63.6 Å². The van der Waals surface area contributed by atoms with E-state index in [1.165, 1.54) is 6.07 Å². The summed E-state index contributed by atoms with van der Waals surface area (Å²) in [6, 6.07) is 4.95. The SMILES string of the molecule is CC1CCc2c(cccc2C(=O)C(=O)O)O1. The molecule has 1 aliphatic heterocycles. The van der Waals surface area contributed by atoms with Gasteiger partial charge in [0.15, 0.2) is 0 Å². The molecule has 1 aliphatic rings. The molecule has 1 aromatic rings. The van der Waals surface area contributed by atoms with Gasteiger partial charge in [-0.05, 0) is 25.8 Å². The number of ketones is 1. The third-order valence-corrected chi connectivity index (χ3v) is 2.70. The second kappa shape index (κ2) is 3.96. The Labute approximate surface area is 92.8 Å². The number of fused-ring (bicyclic) bond motifs is 1. The van der Waals surface area contributed by atoms with Crippen LogP contribution in [0.4, 0.5) is 0 Å². The van der Waals surface area contributed by atoms with Crippen molar-refractivity contribution < 1.29 is 19.4 Å². The highest BCUT2D eigenvalue weighted by atomic mass is 16.5. The molecule has 0 aliphatic carbocycles. The second-order valence-electron chi connectivity index (χ2n) is 3.88. The predicted octanol–water partition coefficient (Wildman–Crippen LogP) is 1.67. The highest BCUT2D eigenvalue weighted by Gasteiger charge is 2.24. The smallest absolute Gasteiger partial charge is 0.377 e. The number of ether oxygens (including phenoxy) is 1. The fourth-order valence-corrected chi connectivity index (χ4v) is 1.89. The molecule has 1 unspecified atom stereocenters. The van der Waals surface area contributed by atoms with Gasteiger partial charge in [-0.2, -0.15) is 0 Å². The number of hydrogen-bond donors (Lipinski definition) is 1. The lowest BCUT2D eigenvalue weighted by molar-refractivity contribution is -0.131. The molecule has 1 atom stereocenters. The summed E-state index contributed by atoms with van der Waals surface area (Å²) >= 11 is 0. The summed E-state index contributed by atoms with van der Waals surface area (Å²) in [4.78, 5) is 22.1. The Hall–Kier alpha value is -1.84. The molecular weight excluding hydrogens is 208 g/mol. The summed E-state index contributed by atoms with van der Waals surface area (Å²) in [6.45, 7) is 1.95. The molecule has 84 valence electrons. The highest BCUT2D eigenvalue weighted by molar-refractivity contribution is 6.40. The van der Waals surface area contributed by atoms with E-state index in [4.69, 9.17) is 9.84 Å². The van der Waals surface area contributed by atoms with E-state index in [0.717, 1.165) is 6.42 Å². The first-order chi connectivity index (χ1) is 7.59. The average molecular weight is 220 g/mol. The van der Waals surface area contributed by atoms with Crippen molar-refractivity contribution in [3.8, 4) is 5.75 Å². The van der Waals surface area contributed by atoms with E-state index in [9.17, 15) is 9.59 Å². The Kier molecular flexibility index (Phi) is 2.64. The third-order valence-electron chi connectivity index (χ3n) is 2.70. The van der Waals surface area contributed by atoms with Gasteiger partial charge in [0.2, 0.25) is 0 Å². The van der Waals surface area contributed by atoms with E-state index in [1.807, 2.05) is 6.92 Å². The van der Waals surface area contributed by atoms with Crippen molar-refractivity contribution in [1.82, 2.24) is 0 Å². The fourth-order valence-electron chi connectivity index (χ4n) is 1.89. The van der Waals surface area contributed by atoms with E-state index < -0.39 is 11.8 Å². The van der Waals surface area contributed by atoms with Crippen molar-refractivity contribution in [3.63, 3.8) is 0 Å². The van der Waals surface area contributed by atoms with Gasteiger partial charge in [0.05, 0.1) is 6.10 Å². The van der Waals surface area contributed by atoms with Crippen LogP contribution in [-0.4, -0.2) is 23.0 Å². The largest absolute Gasteiger partial charge is 0.490 e. The quantitative estimate of drug-likeness (QED) is 0.608. The summed E-state index contributed by atoms with van der Waals surface area (Å²) in [5.41, 5.74) is 0.963. The number of aliphatic carboxylic acids is 1. The number of carbonyl (C=O) groups is 2. The van der Waals surface area contributed by atoms with Crippen LogP contribution in [0.3, 0.4) is 0 Å². The van der Waals surface area contributed by atoms with E-state index in [0.29, 0.717) is 17.7 Å². The van der Waals surface area contributed by atoms with Gasteiger partial charge in [-0.3, -0.25) is 4.79 Å². The van der Waals surface area contributed by atoms with Gasteiger partial charge < -0.3 is 9.84 Å². The highest BCUT2D eigenvalue weighted by Crippen LogP contribution is 2.30. The van der Waals surface area contributed by atoms with Crippen LogP contribution in [-0.2, 0) is 11.2 Å². The van der Waals surface area contributed by atoms with Crippen molar-refractivity contribution in [3.05, 3.63) is 29.3 Å². The Morgan fingerprint density at radius 1 is 1.44 bits per heavy atom. The molecule has 0 fully saturated rings. The Morgan fingerprint density at radius 3 is 2.88 bits per heavy atom. The minimum absolute atomic E-state index is 0.114. The van der Waals surface area contributed by atoms with Crippen LogP contribution in [0, 0.1) is 0 Å². The maximum Gasteiger partial charge on any atom is 0.377 e. The van der Waals surface area contributed by atoms with Gasteiger partial charge >= 0.3 is 5.97 Å². The van der Waals surface area contributed by atoms with E-state index in [1.54, 1.807) is 12.1 Å². The fraction of sp³-hybridized carbons (Fsp3) is 0.333. The molecule has 0 spiro atoms. The molecule has 1 aromatic carbocycles. The molecule has 4 nitrogen and oxygen atoms in total. The van der Waals surface area contributed by atoms with Gasteiger partial charge in [0.1, 0.15) is 5.75 Å². The van der Waals surface area contributed by atoms with Gasteiger partial charge in [-0.1, -0.05) is 12.1 Å². The van der Waals surface area contributed by atoms with Crippen LogP contribution in [0.25, 0.3) is 0 Å². The molecule has 0 bridgehead atoms. The number of benzene rings is 1. The number of carboxylic acids is 1. The Balaban J connectivity index is 2.45. The lowest BCUT2D eigenvalue weighted by Gasteiger charge is -2.24. The van der Waals surface area contributed by atoms with Crippen LogP contribution in [0.15, 0.2) is 18.2 Å². The third kappa shape index (κ3) is 1.78. The molecular formula is C12H12O4. The number of hydrogen-bond acceptors (Lipinski definition) is 3. The summed E-state index contributed by atoms with van der Waals surface area (Å²) in [7, 11) is 0. The second-order valence-corrected chi connectivity index (χ2v) is 3.88. The standard InChI is InChI=1S/C12H12O4/c1-7-5-6-8-9(11(13)12(14)15)3-2-4-10(8)16-7/h2-4,7H,5-6H2,1H3,(H,14,15). The monoisotopic (exact) mass is 220 g/mol. The van der Waals surface area contributed by atoms with Crippen LogP contribution < -0.4 is 4.74 Å². The summed E-state index contributed by atoms with van der Waals surface area (Å²) in [5.74, 6) is -1.66. The molecule has 0 saturated carbocycles. The number of carbonyl (C=O) groups excluding carboxylic acids is 1. The molecule has 0 saturated heterocycles. The molecule has 1 heterocycles. The van der Waals surface area contributed by atoms with Crippen molar-refractivity contribution in [2.24, 2.45) is 0 Å². The molecule has 0 amide bonds. The maximum absolute atomic E-state index is 11.4. The van der Waals surface area contributed by atoms with Crippen molar-refractivity contribution in [2.45, 2.75) is 25.9 Å². The van der Waals surface area contributed by atoms with E-state index >= 15 is 0 Å². The maximum atomic E-state index is 11.4. The lowest BCUT2D eigenvalue weighted by atomic mass is 9.95. The van der Waals surface area contributed by atoms with Crippen LogP contribution in [0.2, 0.25) is 0 Å². The number of Topliss-reactive ketones (excluding diaryl/α,β-unsaturated/α-hetero) is 1. The van der Waals surface area contributed by atoms with E-state index in [-0.39, 0.29) is 11.7 Å². The zero-order valence-corrected chi connectivity index (χ0v) is 8.90. The summed E-state index contributed by atoms with van der Waals surface area (Å²) in [5, 5.41) is 8.70. The average Bonchev–Trinajstić information content (AvgIpc) is 2.26. The summed E-state index contributed by atoms with van der Waals surface area (Å²) in [6.07, 6.45) is 1.60. The van der Waals surface area contributed by atoms with Crippen molar-refractivity contribution in [1.29, 1.82) is 0 Å². The first kappa shape index (κ1) is 10.7. The predicted molar refractivity (Wildman–Crippen MR) is 56.8 cm³/mol.